The summed E-state index contributed by atoms with van der Waals surface area (Å²) in [5.74, 6) is -0.00716. The van der Waals surface area contributed by atoms with Gasteiger partial charge in [0, 0.05) is 38.7 Å². The number of carbonyl (C=O) groups excluding carboxylic acids is 2. The first kappa shape index (κ1) is 21.8. The molecule has 0 unspecified atom stereocenters. The van der Waals surface area contributed by atoms with E-state index in [1.807, 2.05) is 18.2 Å². The molecule has 4 aromatic carbocycles. The van der Waals surface area contributed by atoms with Crippen molar-refractivity contribution in [2.24, 2.45) is 0 Å². The van der Waals surface area contributed by atoms with Crippen molar-refractivity contribution < 1.29 is 9.59 Å². The Morgan fingerprint density at radius 2 is 0.806 bits per heavy atom. The quantitative estimate of drug-likeness (QED) is 0.324. The normalized spacial score (nSPS) is 9.97. The van der Waals surface area contributed by atoms with Crippen LogP contribution in [0.3, 0.4) is 0 Å². The summed E-state index contributed by atoms with van der Waals surface area (Å²) in [5.41, 5.74) is 15.0. The van der Waals surface area contributed by atoms with Crippen LogP contribution in [-0.2, 0) is 0 Å². The molecule has 0 spiro atoms. The van der Waals surface area contributed by atoms with E-state index in [2.05, 4.69) is 0 Å². The van der Waals surface area contributed by atoms with Crippen LogP contribution in [0.4, 0.5) is 11.4 Å². The van der Waals surface area contributed by atoms with Gasteiger partial charge in [0.05, 0.1) is 0 Å². The van der Waals surface area contributed by atoms with E-state index in [4.69, 9.17) is 23.1 Å². The minimum atomic E-state index is -0.0278. The maximum Gasteiger partial charge on any atom is 0.193 e. The number of anilines is 2. The highest BCUT2D eigenvalue weighted by molar-refractivity contribution is 6.30. The molecule has 0 heterocycles. The molecule has 0 aromatic heterocycles. The third-order valence-electron chi connectivity index (χ3n) is 4.49. The molecule has 4 rings (SSSR count). The van der Waals surface area contributed by atoms with Crippen molar-refractivity contribution in [1.82, 2.24) is 0 Å². The van der Waals surface area contributed by atoms with Gasteiger partial charge in [-0.05, 0) is 72.8 Å². The lowest BCUT2D eigenvalue weighted by Gasteiger charge is -2.02. The zero-order valence-corrected chi connectivity index (χ0v) is 17.4. The van der Waals surface area contributed by atoms with Crippen molar-refractivity contribution in [1.29, 1.82) is 0 Å². The van der Waals surface area contributed by atoms with E-state index in [0.717, 1.165) is 0 Å². The summed E-state index contributed by atoms with van der Waals surface area (Å²) < 4.78 is 0. The van der Waals surface area contributed by atoms with Crippen LogP contribution in [0.15, 0.2) is 103 Å². The van der Waals surface area contributed by atoms with Crippen molar-refractivity contribution in [3.63, 3.8) is 0 Å². The van der Waals surface area contributed by atoms with Gasteiger partial charge < -0.3 is 11.5 Å². The van der Waals surface area contributed by atoms with Crippen molar-refractivity contribution in [3.8, 4) is 0 Å². The van der Waals surface area contributed by atoms with Gasteiger partial charge in [-0.15, -0.1) is 0 Å². The minimum Gasteiger partial charge on any atom is -0.399 e. The monoisotopic (exact) mass is 428 g/mol. The molecule has 0 aliphatic carbocycles. The fraction of sp³-hybridized carbons (Fsp3) is 0. The van der Waals surface area contributed by atoms with E-state index >= 15 is 0 Å². The van der Waals surface area contributed by atoms with E-state index in [9.17, 15) is 9.59 Å². The second kappa shape index (κ2) is 10.2. The number of ketones is 2. The van der Waals surface area contributed by atoms with Gasteiger partial charge in [0.25, 0.3) is 0 Å². The zero-order valence-electron chi connectivity index (χ0n) is 16.7. The first-order chi connectivity index (χ1) is 14.9. The summed E-state index contributed by atoms with van der Waals surface area (Å²) in [6, 6.07) is 29.8. The molecule has 0 saturated heterocycles. The van der Waals surface area contributed by atoms with Crippen LogP contribution in [0.1, 0.15) is 31.8 Å². The Bertz CT molecular complexity index is 1110. The first-order valence-corrected chi connectivity index (χ1v) is 9.93. The van der Waals surface area contributed by atoms with Gasteiger partial charge in [-0.1, -0.05) is 41.9 Å². The Morgan fingerprint density at radius 1 is 0.484 bits per heavy atom. The second-order valence-electron chi connectivity index (χ2n) is 6.78. The fourth-order valence-electron chi connectivity index (χ4n) is 2.79. The lowest BCUT2D eigenvalue weighted by Crippen LogP contribution is -2.01. The number of benzene rings is 4. The number of rotatable bonds is 4. The smallest absolute Gasteiger partial charge is 0.193 e. The standard InChI is InChI=1S/C13H9ClO.C13H12N2O/c14-12-8-6-11(7-9-12)13(15)10-4-2-1-3-5-10;14-11-5-1-9(2-6-11)13(16)10-3-7-12(15)8-4-10/h1-9H;1-8H,14-15H2. The van der Waals surface area contributed by atoms with Crippen molar-refractivity contribution >= 4 is 34.5 Å². The maximum absolute atomic E-state index is 12.0. The third-order valence-corrected chi connectivity index (χ3v) is 4.74. The predicted octanol–water partition coefficient (Wildman–Crippen LogP) is 5.65. The number of hydrogen-bond acceptors (Lipinski definition) is 4. The van der Waals surface area contributed by atoms with Crippen LogP contribution in [0.5, 0.6) is 0 Å². The van der Waals surface area contributed by atoms with E-state index in [0.29, 0.717) is 38.7 Å². The summed E-state index contributed by atoms with van der Waals surface area (Å²) in [4.78, 5) is 23.9. The molecule has 5 heteroatoms. The molecule has 31 heavy (non-hydrogen) atoms. The highest BCUT2D eigenvalue weighted by Crippen LogP contribution is 2.14. The van der Waals surface area contributed by atoms with Gasteiger partial charge in [-0.25, -0.2) is 0 Å². The molecular formula is C26H21ClN2O2. The van der Waals surface area contributed by atoms with Crippen molar-refractivity contribution in [3.05, 3.63) is 130 Å². The summed E-state index contributed by atoms with van der Waals surface area (Å²) in [6.07, 6.45) is 0. The average Bonchev–Trinajstić information content (AvgIpc) is 2.81. The molecule has 0 fully saturated rings. The van der Waals surface area contributed by atoms with E-state index in [1.165, 1.54) is 0 Å². The van der Waals surface area contributed by atoms with E-state index in [-0.39, 0.29) is 11.6 Å². The van der Waals surface area contributed by atoms with Crippen molar-refractivity contribution in [2.75, 3.05) is 11.5 Å². The zero-order chi connectivity index (χ0) is 22.2. The highest BCUT2D eigenvalue weighted by atomic mass is 35.5. The Morgan fingerprint density at radius 3 is 1.19 bits per heavy atom. The van der Waals surface area contributed by atoms with Gasteiger partial charge >= 0.3 is 0 Å². The topological polar surface area (TPSA) is 86.2 Å². The van der Waals surface area contributed by atoms with Gasteiger partial charge in [-0.3, -0.25) is 9.59 Å². The van der Waals surface area contributed by atoms with Crippen LogP contribution < -0.4 is 11.5 Å². The third kappa shape index (κ3) is 6.04. The molecule has 4 aromatic rings. The molecule has 0 radical (unpaired) electrons. The summed E-state index contributed by atoms with van der Waals surface area (Å²) >= 11 is 5.75. The summed E-state index contributed by atoms with van der Waals surface area (Å²) in [7, 11) is 0. The van der Waals surface area contributed by atoms with Crippen LogP contribution in [0, 0.1) is 0 Å². The second-order valence-corrected chi connectivity index (χ2v) is 7.21. The predicted molar refractivity (Wildman–Crippen MR) is 126 cm³/mol. The van der Waals surface area contributed by atoms with Gasteiger partial charge in [0.1, 0.15) is 0 Å². The molecule has 0 amide bonds. The number of halogens is 1. The Hall–Kier alpha value is -3.89. The van der Waals surface area contributed by atoms with Crippen LogP contribution >= 0.6 is 11.6 Å². The molecule has 0 saturated carbocycles. The minimum absolute atomic E-state index is 0.0206. The summed E-state index contributed by atoms with van der Waals surface area (Å²) in [6.45, 7) is 0. The molecule has 154 valence electrons. The van der Waals surface area contributed by atoms with Gasteiger partial charge in [0.2, 0.25) is 0 Å². The molecular weight excluding hydrogens is 408 g/mol. The highest BCUT2D eigenvalue weighted by Gasteiger charge is 2.08. The fourth-order valence-corrected chi connectivity index (χ4v) is 2.92. The first-order valence-electron chi connectivity index (χ1n) is 9.55. The molecule has 0 aliphatic heterocycles. The molecule has 0 aliphatic rings. The summed E-state index contributed by atoms with van der Waals surface area (Å²) in [5, 5.41) is 0.639. The average molecular weight is 429 g/mol. The Labute approximate surface area is 186 Å². The Kier molecular flexibility index (Phi) is 7.20. The van der Waals surface area contributed by atoms with Crippen LogP contribution in [-0.4, -0.2) is 11.6 Å². The largest absolute Gasteiger partial charge is 0.399 e. The lowest BCUT2D eigenvalue weighted by molar-refractivity contribution is 0.103. The Balaban J connectivity index is 0.000000176. The van der Waals surface area contributed by atoms with Gasteiger partial charge in [0.15, 0.2) is 11.6 Å². The van der Waals surface area contributed by atoms with Crippen LogP contribution in [0.2, 0.25) is 5.02 Å². The lowest BCUT2D eigenvalue weighted by atomic mass is 10.0. The number of nitrogens with two attached hydrogens (primary N) is 2. The SMILES string of the molecule is Nc1ccc(C(=O)c2ccc(N)cc2)cc1.O=C(c1ccccc1)c1ccc(Cl)cc1. The molecule has 0 bridgehead atoms. The van der Waals surface area contributed by atoms with Crippen molar-refractivity contribution in [2.45, 2.75) is 0 Å². The molecule has 0 atom stereocenters. The molecule has 4 nitrogen and oxygen atoms in total. The number of hydrogen-bond donors (Lipinski definition) is 2. The number of carbonyl (C=O) groups is 2. The molecule has 4 N–H and O–H groups in total. The van der Waals surface area contributed by atoms with Gasteiger partial charge in [-0.2, -0.15) is 0 Å². The van der Waals surface area contributed by atoms with Crippen LogP contribution in [0.25, 0.3) is 0 Å². The maximum atomic E-state index is 12.0. The number of nitrogen functional groups attached to an aromatic ring is 2. The van der Waals surface area contributed by atoms with E-state index in [1.54, 1.807) is 84.9 Å². The van der Waals surface area contributed by atoms with E-state index < -0.39 is 0 Å².